The van der Waals surface area contributed by atoms with Gasteiger partial charge in [-0.15, -0.1) is 0 Å². The lowest BCUT2D eigenvalue weighted by Gasteiger charge is -2.24. The van der Waals surface area contributed by atoms with E-state index in [1.807, 2.05) is 13.0 Å². The minimum Gasteiger partial charge on any atom is -0.341 e. The lowest BCUT2D eigenvalue weighted by Crippen LogP contribution is -2.30. The fourth-order valence-corrected chi connectivity index (χ4v) is 2.27. The van der Waals surface area contributed by atoms with Gasteiger partial charge in [-0.25, -0.2) is 14.4 Å². The predicted molar refractivity (Wildman–Crippen MR) is 88.3 cm³/mol. The van der Waals surface area contributed by atoms with E-state index in [1.54, 1.807) is 24.5 Å². The summed E-state index contributed by atoms with van der Waals surface area (Å²) < 4.78 is 24.0. The molecule has 1 fully saturated rings. The van der Waals surface area contributed by atoms with Gasteiger partial charge in [-0.2, -0.15) is 0 Å². The summed E-state index contributed by atoms with van der Waals surface area (Å²) in [5.41, 5.74) is 1.42. The zero-order valence-corrected chi connectivity index (χ0v) is 13.3. The van der Waals surface area contributed by atoms with Crippen molar-refractivity contribution in [2.45, 2.75) is 13.2 Å². The topological polar surface area (TPSA) is 44.2 Å². The number of benzene rings is 1. The van der Waals surface area contributed by atoms with Gasteiger partial charge in [0.25, 0.3) is 0 Å². The van der Waals surface area contributed by atoms with Gasteiger partial charge in [0, 0.05) is 23.9 Å². The largest absolute Gasteiger partial charge is 0.341 e. The third-order valence-electron chi connectivity index (χ3n) is 3.48. The molecule has 0 bridgehead atoms. The quantitative estimate of drug-likeness (QED) is 0.628. The Morgan fingerprint density at radius 1 is 1.12 bits per heavy atom. The molecule has 0 aliphatic carbocycles. The van der Waals surface area contributed by atoms with E-state index in [1.165, 1.54) is 12.1 Å². The summed E-state index contributed by atoms with van der Waals surface area (Å²) in [6.45, 7) is 3.18. The highest BCUT2D eigenvalue weighted by molar-refractivity contribution is 5.54. The first kappa shape index (κ1) is 16.3. The summed E-state index contributed by atoms with van der Waals surface area (Å²) in [6.07, 6.45) is 6.78. The molecule has 1 aromatic heterocycles. The van der Waals surface area contributed by atoms with Gasteiger partial charge in [0.2, 0.25) is 6.29 Å². The van der Waals surface area contributed by atoms with Gasteiger partial charge in [0.05, 0.1) is 18.8 Å². The first-order chi connectivity index (χ1) is 11.7. The maximum atomic E-state index is 12.9. The highest BCUT2D eigenvalue weighted by Crippen LogP contribution is 2.15. The van der Waals surface area contributed by atoms with Gasteiger partial charge in [0.1, 0.15) is 5.82 Å². The lowest BCUT2D eigenvalue weighted by atomic mass is 10.1. The predicted octanol–water partition coefficient (Wildman–Crippen LogP) is 3.20. The van der Waals surface area contributed by atoms with Gasteiger partial charge in [-0.05, 0) is 37.1 Å². The van der Waals surface area contributed by atoms with Crippen LogP contribution in [0.2, 0.25) is 0 Å². The molecule has 2 aromatic rings. The zero-order valence-electron chi connectivity index (χ0n) is 13.3. The van der Waals surface area contributed by atoms with E-state index >= 15 is 0 Å². The molecule has 122 valence electrons. The van der Waals surface area contributed by atoms with Crippen LogP contribution in [0.15, 0.2) is 48.8 Å². The average Bonchev–Trinajstić information content (AvgIpc) is 2.63. The lowest BCUT2D eigenvalue weighted by molar-refractivity contribution is -0.160. The van der Waals surface area contributed by atoms with E-state index in [2.05, 4.69) is 27.9 Å². The highest BCUT2D eigenvalue weighted by atomic mass is 19.1. The maximum Gasteiger partial charge on any atom is 0.222 e. The number of hydrogen-bond donors (Lipinski definition) is 0. The molecular formula is C19H17FN2O2. The van der Waals surface area contributed by atoms with Crippen molar-refractivity contribution in [2.24, 2.45) is 5.92 Å². The van der Waals surface area contributed by atoms with Crippen molar-refractivity contribution in [1.29, 1.82) is 0 Å². The second-order valence-electron chi connectivity index (χ2n) is 5.36. The molecule has 1 aliphatic rings. The monoisotopic (exact) mass is 324 g/mol. The van der Waals surface area contributed by atoms with Gasteiger partial charge < -0.3 is 9.47 Å². The van der Waals surface area contributed by atoms with Gasteiger partial charge in [-0.1, -0.05) is 18.1 Å². The fraction of sp³-hybridized carbons (Fsp3) is 0.263. The molecule has 0 amide bonds. The van der Waals surface area contributed by atoms with Crippen LogP contribution < -0.4 is 0 Å². The highest BCUT2D eigenvalue weighted by Gasteiger charge is 2.18. The second-order valence-corrected chi connectivity index (χ2v) is 5.36. The molecular weight excluding hydrogens is 307 g/mol. The van der Waals surface area contributed by atoms with Crippen molar-refractivity contribution in [3.63, 3.8) is 0 Å². The number of hydrogen-bond acceptors (Lipinski definition) is 4. The van der Waals surface area contributed by atoms with E-state index in [9.17, 15) is 4.39 Å². The summed E-state index contributed by atoms with van der Waals surface area (Å²) in [4.78, 5) is 8.50. The Morgan fingerprint density at radius 3 is 2.42 bits per heavy atom. The maximum absolute atomic E-state index is 12.9. The molecule has 0 atom stereocenters. The van der Waals surface area contributed by atoms with Crippen LogP contribution in [0.5, 0.6) is 0 Å². The average molecular weight is 324 g/mol. The number of rotatable bonds is 2. The van der Waals surface area contributed by atoms with Crippen molar-refractivity contribution in [2.75, 3.05) is 13.2 Å². The van der Waals surface area contributed by atoms with Crippen LogP contribution in [0.1, 0.15) is 12.5 Å². The Bertz CT molecular complexity index is 753. The molecule has 0 N–H and O–H groups in total. The zero-order chi connectivity index (χ0) is 16.8. The Labute approximate surface area is 140 Å². The number of ether oxygens (including phenoxy) is 2. The van der Waals surface area contributed by atoms with E-state index in [0.717, 1.165) is 5.56 Å². The summed E-state index contributed by atoms with van der Waals surface area (Å²) >= 11 is 0. The SMILES string of the molecule is C/C=C/[C@H]1CO[C@H](C#Cc2cnc(-c3ccc(F)cc3)nc2)OC1. The third-order valence-corrected chi connectivity index (χ3v) is 3.48. The molecule has 24 heavy (non-hydrogen) atoms. The van der Waals surface area contributed by atoms with Crippen LogP contribution in [0.25, 0.3) is 11.4 Å². The Kier molecular flexibility index (Phi) is 5.32. The summed E-state index contributed by atoms with van der Waals surface area (Å²) in [5, 5.41) is 0. The second kappa shape index (κ2) is 7.82. The van der Waals surface area contributed by atoms with E-state index in [0.29, 0.717) is 24.6 Å². The van der Waals surface area contributed by atoms with Crippen LogP contribution >= 0.6 is 0 Å². The molecule has 4 nitrogen and oxygen atoms in total. The first-order valence-corrected chi connectivity index (χ1v) is 7.70. The van der Waals surface area contributed by atoms with E-state index < -0.39 is 6.29 Å². The molecule has 1 saturated heterocycles. The van der Waals surface area contributed by atoms with E-state index in [4.69, 9.17) is 9.47 Å². The summed E-state index contributed by atoms with van der Waals surface area (Å²) in [6, 6.07) is 6.04. The van der Waals surface area contributed by atoms with Gasteiger partial charge in [-0.3, -0.25) is 0 Å². The van der Waals surface area contributed by atoms with Gasteiger partial charge >= 0.3 is 0 Å². The first-order valence-electron chi connectivity index (χ1n) is 7.70. The Hall–Kier alpha value is -2.55. The van der Waals surface area contributed by atoms with Crippen LogP contribution in [0.3, 0.4) is 0 Å². The Morgan fingerprint density at radius 2 is 1.79 bits per heavy atom. The number of aromatic nitrogens is 2. The van der Waals surface area contributed by atoms with Crippen molar-refractivity contribution < 1.29 is 13.9 Å². The van der Waals surface area contributed by atoms with Crippen molar-refractivity contribution in [3.8, 4) is 23.2 Å². The minimum atomic E-state index is -0.525. The molecule has 5 heteroatoms. The smallest absolute Gasteiger partial charge is 0.222 e. The molecule has 0 unspecified atom stereocenters. The van der Waals surface area contributed by atoms with Gasteiger partial charge in [0.15, 0.2) is 5.82 Å². The molecule has 1 aromatic carbocycles. The minimum absolute atomic E-state index is 0.284. The van der Waals surface area contributed by atoms with Crippen molar-refractivity contribution in [3.05, 3.63) is 60.2 Å². The fourth-order valence-electron chi connectivity index (χ4n) is 2.27. The van der Waals surface area contributed by atoms with Crippen molar-refractivity contribution in [1.82, 2.24) is 9.97 Å². The number of halogens is 1. The standard InChI is InChI=1S/C19H17FN2O2/c1-2-3-15-12-23-18(24-13-15)9-4-14-10-21-19(22-11-14)16-5-7-17(20)8-6-16/h2-3,5-8,10-11,15,18H,12-13H2,1H3/b3-2+/t15-,18-. The summed E-state index contributed by atoms with van der Waals surface area (Å²) in [5.74, 6) is 6.39. The molecule has 0 spiro atoms. The molecule has 2 heterocycles. The third kappa shape index (κ3) is 4.25. The summed E-state index contributed by atoms with van der Waals surface area (Å²) in [7, 11) is 0. The van der Waals surface area contributed by atoms with Crippen LogP contribution in [0, 0.1) is 23.6 Å². The van der Waals surface area contributed by atoms with Crippen LogP contribution in [-0.4, -0.2) is 29.5 Å². The van der Waals surface area contributed by atoms with E-state index in [-0.39, 0.29) is 11.7 Å². The van der Waals surface area contributed by atoms with Crippen molar-refractivity contribution >= 4 is 0 Å². The molecule has 0 saturated carbocycles. The molecule has 1 aliphatic heterocycles. The molecule has 0 radical (unpaired) electrons. The number of nitrogens with zero attached hydrogens (tertiary/aromatic N) is 2. The van der Waals surface area contributed by atoms with Crippen LogP contribution in [0.4, 0.5) is 4.39 Å². The molecule has 3 rings (SSSR count). The normalized spacial score (nSPS) is 20.6. The number of allylic oxidation sites excluding steroid dienone is 1. The Balaban J connectivity index is 1.62. The van der Waals surface area contributed by atoms with Crippen LogP contribution in [-0.2, 0) is 9.47 Å².